The van der Waals surface area contributed by atoms with Crippen LogP contribution in [0, 0.1) is 10.7 Å². The maximum atomic E-state index is 10.2. The monoisotopic (exact) mass is 129 g/mol. The van der Waals surface area contributed by atoms with Crippen LogP contribution in [0.1, 0.15) is 13.3 Å². The van der Waals surface area contributed by atoms with E-state index in [2.05, 4.69) is 0 Å². The molecule has 0 aromatic carbocycles. The summed E-state index contributed by atoms with van der Waals surface area (Å²) in [6.07, 6.45) is 0.512. The van der Waals surface area contributed by atoms with E-state index in [9.17, 15) is 4.79 Å². The van der Waals surface area contributed by atoms with Crippen LogP contribution in [0.15, 0.2) is 0 Å². The number of thioether (sulfide) groups is 1. The van der Waals surface area contributed by atoms with E-state index in [1.54, 1.807) is 0 Å². The highest BCUT2D eigenvalue weighted by Crippen LogP contribution is 1.97. The molecule has 0 saturated heterocycles. The number of hydrogen-bond acceptors (Lipinski definition) is 3. The third-order valence-electron chi connectivity index (χ3n) is 0.621. The zero-order chi connectivity index (χ0) is 6.41. The topological polar surface area (TPSA) is 40.9 Å². The van der Waals surface area contributed by atoms with Gasteiger partial charge in [-0.1, -0.05) is 0 Å². The molecular formula is C5H7NOS. The molecule has 8 heavy (non-hydrogen) atoms. The third kappa shape index (κ3) is 5.51. The second-order valence-corrected chi connectivity index (χ2v) is 2.27. The number of hydrogen-bond donors (Lipinski definition) is 0. The molecule has 0 amide bonds. The molecule has 0 aliphatic rings. The van der Waals surface area contributed by atoms with Crippen molar-refractivity contribution in [3.63, 3.8) is 0 Å². The summed E-state index contributed by atoms with van der Waals surface area (Å²) < 4.78 is 0. The van der Waals surface area contributed by atoms with Gasteiger partial charge in [-0.2, -0.15) is 5.26 Å². The minimum absolute atomic E-state index is 0.146. The van der Waals surface area contributed by atoms with E-state index in [0.717, 1.165) is 11.8 Å². The lowest BCUT2D eigenvalue weighted by Gasteiger charge is -1.84. The van der Waals surface area contributed by atoms with Gasteiger partial charge in [-0.25, -0.2) is 0 Å². The number of rotatable bonds is 3. The lowest BCUT2D eigenvalue weighted by molar-refractivity contribution is -0.116. The Hall–Kier alpha value is -0.490. The van der Waals surface area contributed by atoms with Crippen molar-refractivity contribution in [2.75, 3.05) is 5.75 Å². The number of Topliss-reactive ketones (excluding diaryl/α,β-unsaturated/α-hetero) is 1. The molecular weight excluding hydrogens is 122 g/mol. The Morgan fingerprint density at radius 2 is 2.50 bits per heavy atom. The molecule has 0 saturated carbocycles. The fraction of sp³-hybridized carbons (Fsp3) is 0.600. The highest BCUT2D eigenvalue weighted by atomic mass is 32.2. The summed E-state index contributed by atoms with van der Waals surface area (Å²) in [7, 11) is 0. The van der Waals surface area contributed by atoms with E-state index < -0.39 is 0 Å². The van der Waals surface area contributed by atoms with Crippen molar-refractivity contribution in [3.05, 3.63) is 0 Å². The molecule has 0 heterocycles. The Bertz CT molecular complexity index is 116. The molecule has 0 spiro atoms. The van der Waals surface area contributed by atoms with Crippen molar-refractivity contribution in [3.8, 4) is 5.40 Å². The molecule has 0 bridgehead atoms. The van der Waals surface area contributed by atoms with E-state index >= 15 is 0 Å². The van der Waals surface area contributed by atoms with Crippen LogP contribution < -0.4 is 0 Å². The van der Waals surface area contributed by atoms with Crippen LogP contribution in [-0.2, 0) is 4.79 Å². The van der Waals surface area contributed by atoms with Crippen LogP contribution in [-0.4, -0.2) is 11.5 Å². The summed E-state index contributed by atoms with van der Waals surface area (Å²) >= 11 is 1.12. The maximum absolute atomic E-state index is 10.2. The Balaban J connectivity index is 2.97. The fourth-order valence-corrected chi connectivity index (χ4v) is 0.721. The van der Waals surface area contributed by atoms with Gasteiger partial charge in [0.15, 0.2) is 0 Å². The molecule has 0 fully saturated rings. The van der Waals surface area contributed by atoms with Gasteiger partial charge < -0.3 is 0 Å². The largest absolute Gasteiger partial charge is 0.300 e. The van der Waals surface area contributed by atoms with Gasteiger partial charge in [-0.15, -0.1) is 0 Å². The Morgan fingerprint density at radius 1 is 1.88 bits per heavy atom. The first kappa shape index (κ1) is 7.51. The summed E-state index contributed by atoms with van der Waals surface area (Å²) in [6, 6.07) is 0. The summed E-state index contributed by atoms with van der Waals surface area (Å²) in [5.41, 5.74) is 0. The third-order valence-corrected chi connectivity index (χ3v) is 1.16. The van der Waals surface area contributed by atoms with Crippen molar-refractivity contribution < 1.29 is 4.79 Å². The number of thiocyanates is 1. The number of nitriles is 1. The van der Waals surface area contributed by atoms with Gasteiger partial charge in [0.2, 0.25) is 0 Å². The molecule has 0 radical (unpaired) electrons. The fourth-order valence-electron chi connectivity index (χ4n) is 0.240. The Labute approximate surface area is 52.9 Å². The zero-order valence-corrected chi connectivity index (χ0v) is 5.49. The highest BCUT2D eigenvalue weighted by molar-refractivity contribution is 8.03. The second kappa shape index (κ2) is 4.66. The Morgan fingerprint density at radius 3 is 2.88 bits per heavy atom. The lowest BCUT2D eigenvalue weighted by atomic mass is 10.4. The smallest absolute Gasteiger partial charge is 0.133 e. The van der Waals surface area contributed by atoms with Crippen LogP contribution in [0.5, 0.6) is 0 Å². The molecule has 0 aliphatic carbocycles. The van der Waals surface area contributed by atoms with Gasteiger partial charge in [0, 0.05) is 12.2 Å². The Kier molecular flexibility index (Phi) is 4.38. The van der Waals surface area contributed by atoms with Crippen LogP contribution in [0.25, 0.3) is 0 Å². The van der Waals surface area contributed by atoms with Crippen molar-refractivity contribution in [1.29, 1.82) is 5.26 Å². The summed E-state index contributed by atoms with van der Waals surface area (Å²) in [5, 5.41) is 9.87. The van der Waals surface area contributed by atoms with E-state index in [0.29, 0.717) is 12.2 Å². The number of carbonyl (C=O) groups is 1. The molecule has 0 aliphatic heterocycles. The quantitative estimate of drug-likeness (QED) is 0.424. The maximum Gasteiger partial charge on any atom is 0.133 e. The standard InChI is InChI=1S/C5H7NOS/c1-5(7)2-3-8-4-6/h2-3H2,1H3. The van der Waals surface area contributed by atoms with E-state index in [-0.39, 0.29) is 5.78 Å². The van der Waals surface area contributed by atoms with Crippen LogP contribution in [0.3, 0.4) is 0 Å². The van der Waals surface area contributed by atoms with Crippen molar-refractivity contribution in [2.24, 2.45) is 0 Å². The van der Waals surface area contributed by atoms with Gasteiger partial charge in [0.1, 0.15) is 11.2 Å². The minimum atomic E-state index is 0.146. The first-order chi connectivity index (χ1) is 3.77. The van der Waals surface area contributed by atoms with E-state index in [4.69, 9.17) is 5.26 Å². The first-order valence-electron chi connectivity index (χ1n) is 2.27. The van der Waals surface area contributed by atoms with Gasteiger partial charge in [-0.05, 0) is 18.7 Å². The molecule has 3 heteroatoms. The van der Waals surface area contributed by atoms with Gasteiger partial charge in [0.25, 0.3) is 0 Å². The van der Waals surface area contributed by atoms with E-state index in [1.807, 2.05) is 5.40 Å². The first-order valence-corrected chi connectivity index (χ1v) is 3.26. The lowest BCUT2D eigenvalue weighted by Crippen LogP contribution is -1.89. The van der Waals surface area contributed by atoms with Crippen LogP contribution >= 0.6 is 11.8 Å². The SMILES string of the molecule is CC(=O)CCSC#N. The van der Waals surface area contributed by atoms with Gasteiger partial charge >= 0.3 is 0 Å². The highest BCUT2D eigenvalue weighted by Gasteiger charge is 1.90. The average Bonchev–Trinajstić information content (AvgIpc) is 1.66. The number of ketones is 1. The normalized spacial score (nSPS) is 8.00. The summed E-state index contributed by atoms with van der Waals surface area (Å²) in [4.78, 5) is 10.2. The summed E-state index contributed by atoms with van der Waals surface area (Å²) in [6.45, 7) is 1.53. The van der Waals surface area contributed by atoms with Crippen LogP contribution in [0.4, 0.5) is 0 Å². The van der Waals surface area contributed by atoms with Crippen molar-refractivity contribution in [2.45, 2.75) is 13.3 Å². The van der Waals surface area contributed by atoms with Crippen LogP contribution in [0.2, 0.25) is 0 Å². The second-order valence-electron chi connectivity index (χ2n) is 1.39. The van der Waals surface area contributed by atoms with Crippen molar-refractivity contribution in [1.82, 2.24) is 0 Å². The van der Waals surface area contributed by atoms with Gasteiger partial charge in [-0.3, -0.25) is 4.79 Å². The minimum Gasteiger partial charge on any atom is -0.300 e. The predicted octanol–water partition coefficient (Wildman–Crippen LogP) is 1.18. The average molecular weight is 129 g/mol. The zero-order valence-electron chi connectivity index (χ0n) is 4.68. The molecule has 0 aromatic rings. The van der Waals surface area contributed by atoms with Crippen molar-refractivity contribution >= 4 is 17.5 Å². The molecule has 0 atom stereocenters. The molecule has 0 N–H and O–H groups in total. The number of nitrogens with zero attached hydrogens (tertiary/aromatic N) is 1. The molecule has 44 valence electrons. The van der Waals surface area contributed by atoms with Gasteiger partial charge in [0.05, 0.1) is 0 Å². The molecule has 0 aromatic heterocycles. The number of carbonyl (C=O) groups excluding carboxylic acids is 1. The summed E-state index contributed by atoms with van der Waals surface area (Å²) in [5.74, 6) is 0.777. The van der Waals surface area contributed by atoms with E-state index in [1.165, 1.54) is 6.92 Å². The molecule has 0 rings (SSSR count). The molecule has 2 nitrogen and oxygen atoms in total. The predicted molar refractivity (Wildman–Crippen MR) is 33.4 cm³/mol. The molecule has 0 unspecified atom stereocenters.